The summed E-state index contributed by atoms with van der Waals surface area (Å²) in [6.45, 7) is -1.57. The summed E-state index contributed by atoms with van der Waals surface area (Å²) in [5.41, 5.74) is 27.6. The Balaban J connectivity index is 2.45. The maximum Gasteiger partial charge on any atom is 0.316 e. The number of aliphatic hydroxyl groups excluding tert-OH is 1. The summed E-state index contributed by atoms with van der Waals surface area (Å²) < 4.78 is 0. The van der Waals surface area contributed by atoms with Gasteiger partial charge in [0.15, 0.2) is 6.29 Å². The van der Waals surface area contributed by atoms with Crippen LogP contribution in [-0.4, -0.2) is 122 Å². The zero-order valence-electron chi connectivity index (χ0n) is 25.5. The number of hydrogen-bond donors (Lipinski definition) is 14. The highest BCUT2D eigenvalue weighted by Gasteiger charge is 2.35. The van der Waals surface area contributed by atoms with Crippen LogP contribution in [0, 0.1) is 0 Å². The van der Waals surface area contributed by atoms with Gasteiger partial charge in [-0.1, -0.05) is 0 Å². The number of primary amides is 1. The number of aliphatic imine (C=N–C) groups is 1. The number of carbonyl (C=O) groups excluding carboxylic acids is 7. The number of hydrogen-bond acceptors (Lipinski definition) is 14. The van der Waals surface area contributed by atoms with Crippen LogP contribution in [0.15, 0.2) is 16.9 Å². The molecule has 22 nitrogen and oxygen atoms in total. The Bertz CT molecular complexity index is 1230. The molecular weight excluding hydrogens is 624 g/mol. The van der Waals surface area contributed by atoms with Crippen molar-refractivity contribution in [2.24, 2.45) is 33.7 Å². The monoisotopic (exact) mass is 668 g/mol. The molecule has 8 amide bonds. The van der Waals surface area contributed by atoms with Gasteiger partial charge in [-0.3, -0.25) is 44.8 Å². The summed E-state index contributed by atoms with van der Waals surface area (Å²) >= 11 is 0. The lowest BCUT2D eigenvalue weighted by Gasteiger charge is -2.31. The lowest BCUT2D eigenvalue weighted by molar-refractivity contribution is -0.134. The number of nitrogens with two attached hydrogens (primary N) is 5. The van der Waals surface area contributed by atoms with Crippen LogP contribution in [0.5, 0.6) is 0 Å². The van der Waals surface area contributed by atoms with E-state index in [1.54, 1.807) is 0 Å². The molecule has 0 radical (unpaired) electrons. The molecule has 2 heterocycles. The van der Waals surface area contributed by atoms with Crippen molar-refractivity contribution in [3.63, 3.8) is 0 Å². The second-order valence-electron chi connectivity index (χ2n) is 10.6. The van der Waals surface area contributed by atoms with E-state index in [1.807, 2.05) is 5.32 Å². The Kier molecular flexibility index (Phi) is 15.6. The lowest BCUT2D eigenvalue weighted by Crippen LogP contribution is -2.64. The van der Waals surface area contributed by atoms with E-state index in [2.05, 4.69) is 42.2 Å². The Morgan fingerprint density at radius 1 is 1.04 bits per heavy atom. The standard InChI is InChI=1S/C25H44N14O8/c26-4-1-2-11(27)6-17(41)32-8-14-20(43)35-15(9-34-25(30)47)21(44)39-18(13-3-5-31-24(29)38-13)23(46)33-7-12(28)19(42)37-16(10-40)22(45)36-14/h5,9,11-14,16,18,24,38,40H,1-4,6-8,10,26-29H2,(H,32,41)(H,33,46)(H,35,43)(H,36,45)(H,37,42)(H,39,44)(H3,30,34,47)/t11-,12?,13?,14-,16-,18?,24?/m1/s1. The van der Waals surface area contributed by atoms with E-state index in [0.717, 1.165) is 6.20 Å². The average molecular weight is 669 g/mol. The number of aliphatic hydroxyl groups is 1. The fourth-order valence-electron chi connectivity index (χ4n) is 4.32. The van der Waals surface area contributed by atoms with Crippen molar-refractivity contribution < 1.29 is 38.7 Å². The lowest BCUT2D eigenvalue weighted by atomic mass is 10.0. The smallest absolute Gasteiger partial charge is 0.316 e. The van der Waals surface area contributed by atoms with Crippen molar-refractivity contribution in [3.05, 3.63) is 11.9 Å². The number of carbonyl (C=O) groups is 7. The average Bonchev–Trinajstić information content (AvgIpc) is 3.02. The number of urea groups is 1. The van der Waals surface area contributed by atoms with Crippen molar-refractivity contribution in [2.45, 2.75) is 68.2 Å². The van der Waals surface area contributed by atoms with Crippen molar-refractivity contribution >= 4 is 47.7 Å². The second kappa shape index (κ2) is 19.0. The van der Waals surface area contributed by atoms with Crippen LogP contribution in [0.25, 0.3) is 0 Å². The molecule has 2 rings (SSSR count). The number of nitrogens with one attached hydrogen (secondary N) is 8. The molecule has 7 atom stereocenters. The summed E-state index contributed by atoms with van der Waals surface area (Å²) in [4.78, 5) is 93.8. The highest BCUT2D eigenvalue weighted by molar-refractivity contribution is 6.02. The van der Waals surface area contributed by atoms with Gasteiger partial charge in [0, 0.05) is 50.4 Å². The van der Waals surface area contributed by atoms with Gasteiger partial charge >= 0.3 is 6.03 Å². The minimum Gasteiger partial charge on any atom is -0.394 e. The van der Waals surface area contributed by atoms with Gasteiger partial charge < -0.3 is 65.3 Å². The molecule has 0 aromatic heterocycles. The van der Waals surface area contributed by atoms with E-state index in [4.69, 9.17) is 28.7 Å². The largest absolute Gasteiger partial charge is 0.394 e. The molecule has 0 aromatic rings. The van der Waals surface area contributed by atoms with Crippen LogP contribution >= 0.6 is 0 Å². The van der Waals surface area contributed by atoms with Crippen LogP contribution < -0.4 is 71.2 Å². The highest BCUT2D eigenvalue weighted by atomic mass is 16.3. The van der Waals surface area contributed by atoms with Crippen LogP contribution in [0.2, 0.25) is 0 Å². The first-order chi connectivity index (χ1) is 22.2. The predicted molar refractivity (Wildman–Crippen MR) is 165 cm³/mol. The fraction of sp³-hybridized carbons (Fsp3) is 0.600. The normalized spacial score (nSPS) is 27.9. The Labute approximate surface area is 269 Å². The molecule has 0 aliphatic carbocycles. The van der Waals surface area contributed by atoms with Crippen molar-refractivity contribution in [3.8, 4) is 0 Å². The fourth-order valence-corrected chi connectivity index (χ4v) is 4.32. The Morgan fingerprint density at radius 2 is 1.74 bits per heavy atom. The third-order valence-electron chi connectivity index (χ3n) is 6.85. The number of rotatable bonds is 10. The molecule has 0 aromatic carbocycles. The third-order valence-corrected chi connectivity index (χ3v) is 6.85. The Morgan fingerprint density at radius 3 is 2.38 bits per heavy atom. The molecule has 2 aliphatic rings. The molecule has 1 fully saturated rings. The summed E-state index contributed by atoms with van der Waals surface area (Å²) in [6, 6.07) is -8.57. The van der Waals surface area contributed by atoms with Gasteiger partial charge in [-0.15, -0.1) is 0 Å². The molecular formula is C25H44N14O8. The molecule has 0 saturated carbocycles. The van der Waals surface area contributed by atoms with Crippen molar-refractivity contribution in [2.75, 3.05) is 26.2 Å². The topological polar surface area (TPSA) is 378 Å². The van der Waals surface area contributed by atoms with Gasteiger partial charge in [0.05, 0.1) is 6.61 Å². The molecule has 0 spiro atoms. The molecule has 2 aliphatic heterocycles. The minimum atomic E-state index is -1.63. The summed E-state index contributed by atoms with van der Waals surface area (Å²) in [7, 11) is 0. The molecule has 22 heteroatoms. The molecule has 4 unspecified atom stereocenters. The van der Waals surface area contributed by atoms with E-state index in [-0.39, 0.29) is 12.8 Å². The Hall–Kier alpha value is -4.74. The van der Waals surface area contributed by atoms with Gasteiger partial charge in [-0.2, -0.15) is 0 Å². The maximum atomic E-state index is 13.5. The number of amides is 8. The molecule has 0 bridgehead atoms. The van der Waals surface area contributed by atoms with Crippen LogP contribution in [0.1, 0.15) is 25.7 Å². The van der Waals surface area contributed by atoms with Crippen LogP contribution in [-0.2, 0) is 28.8 Å². The van der Waals surface area contributed by atoms with E-state index >= 15 is 0 Å². The summed E-state index contributed by atoms with van der Waals surface area (Å²) in [5.74, 6) is -5.63. The summed E-state index contributed by atoms with van der Waals surface area (Å²) in [5, 5.41) is 28.7. The maximum absolute atomic E-state index is 13.5. The van der Waals surface area contributed by atoms with Gasteiger partial charge in [0.1, 0.15) is 29.9 Å². The quantitative estimate of drug-likeness (QED) is 0.0963. The molecule has 262 valence electrons. The summed E-state index contributed by atoms with van der Waals surface area (Å²) in [6.07, 6.45) is 2.25. The zero-order chi connectivity index (χ0) is 35.1. The van der Waals surface area contributed by atoms with Gasteiger partial charge in [0.25, 0.3) is 5.91 Å². The predicted octanol–water partition coefficient (Wildman–Crippen LogP) is -8.24. The number of nitrogens with zero attached hydrogens (tertiary/aromatic N) is 1. The van der Waals surface area contributed by atoms with E-state index < -0.39 is 109 Å². The SMILES string of the molecule is NCCC[C@@H](N)CC(=O)NC[C@H]1NC(=O)[C@@H](CO)NC(=O)C(N)CNC(=O)C(C2CC=NC(N)N2)NC(=O)C(=CNC(N)=O)NC1=O. The van der Waals surface area contributed by atoms with Crippen LogP contribution in [0.4, 0.5) is 4.79 Å². The van der Waals surface area contributed by atoms with Gasteiger partial charge in [-0.05, 0) is 19.4 Å². The first-order valence-corrected chi connectivity index (χ1v) is 14.6. The third kappa shape index (κ3) is 12.9. The molecule has 1 saturated heterocycles. The molecule has 47 heavy (non-hydrogen) atoms. The van der Waals surface area contributed by atoms with E-state index in [0.29, 0.717) is 19.4 Å². The van der Waals surface area contributed by atoms with Gasteiger partial charge in [-0.25, -0.2) is 4.79 Å². The minimum absolute atomic E-state index is 0.116. The highest BCUT2D eigenvalue weighted by Crippen LogP contribution is 2.07. The van der Waals surface area contributed by atoms with Crippen molar-refractivity contribution in [1.82, 2.24) is 42.5 Å². The van der Waals surface area contributed by atoms with E-state index in [1.165, 1.54) is 6.21 Å². The first kappa shape index (κ1) is 38.4. The van der Waals surface area contributed by atoms with Gasteiger partial charge in [0.2, 0.25) is 29.5 Å². The zero-order valence-corrected chi connectivity index (χ0v) is 25.5. The van der Waals surface area contributed by atoms with Crippen LogP contribution in [0.3, 0.4) is 0 Å². The second-order valence-corrected chi connectivity index (χ2v) is 10.6. The molecule has 19 N–H and O–H groups in total. The first-order valence-electron chi connectivity index (χ1n) is 14.6. The van der Waals surface area contributed by atoms with Crippen molar-refractivity contribution in [1.29, 1.82) is 0 Å². The van der Waals surface area contributed by atoms with E-state index in [9.17, 15) is 38.7 Å².